The summed E-state index contributed by atoms with van der Waals surface area (Å²) in [6, 6.07) is 9.27. The smallest absolute Gasteiger partial charge is 0.354 e. The second kappa shape index (κ2) is 7.93. The van der Waals surface area contributed by atoms with E-state index >= 15 is 0 Å². The largest absolute Gasteiger partial charge is 0.494 e. The molecule has 26 heavy (non-hydrogen) atoms. The Hall–Kier alpha value is -2.31. The minimum absolute atomic E-state index is 0.187. The summed E-state index contributed by atoms with van der Waals surface area (Å²) in [5, 5.41) is 16.5. The van der Waals surface area contributed by atoms with Crippen molar-refractivity contribution in [1.82, 2.24) is 9.78 Å². The van der Waals surface area contributed by atoms with Gasteiger partial charge in [0.2, 0.25) is 0 Å². The van der Waals surface area contributed by atoms with Crippen molar-refractivity contribution < 1.29 is 14.6 Å². The first-order valence-electron chi connectivity index (χ1n) is 8.20. The quantitative estimate of drug-likeness (QED) is 0.573. The van der Waals surface area contributed by atoms with Crippen LogP contribution in [0.4, 0.5) is 0 Å². The SMILES string of the molecule is Cc1cc(OCCCn2nc(-c3cccs3)cc2C(=O)O)cc(C)c1Cl. The molecule has 2 aromatic heterocycles. The zero-order chi connectivity index (χ0) is 18.7. The Kier molecular flexibility index (Phi) is 5.64. The van der Waals surface area contributed by atoms with Crippen molar-refractivity contribution in [3.63, 3.8) is 0 Å². The van der Waals surface area contributed by atoms with Crippen molar-refractivity contribution in [1.29, 1.82) is 0 Å². The molecule has 2 heterocycles. The van der Waals surface area contributed by atoms with E-state index in [1.807, 2.05) is 43.5 Å². The van der Waals surface area contributed by atoms with Crippen LogP contribution < -0.4 is 4.74 Å². The highest BCUT2D eigenvalue weighted by Crippen LogP contribution is 2.26. The van der Waals surface area contributed by atoms with E-state index in [9.17, 15) is 9.90 Å². The molecule has 0 radical (unpaired) electrons. The van der Waals surface area contributed by atoms with E-state index in [1.165, 1.54) is 16.0 Å². The number of carbonyl (C=O) groups is 1. The van der Waals surface area contributed by atoms with Gasteiger partial charge in [0.1, 0.15) is 17.1 Å². The number of nitrogens with zero attached hydrogens (tertiary/aromatic N) is 2. The molecule has 136 valence electrons. The number of halogens is 1. The van der Waals surface area contributed by atoms with Gasteiger partial charge in [0, 0.05) is 18.0 Å². The van der Waals surface area contributed by atoms with Crippen LogP contribution in [0.2, 0.25) is 5.02 Å². The molecule has 0 aliphatic heterocycles. The predicted octanol–water partition coefficient (Wildman–Crippen LogP) is 5.05. The highest BCUT2D eigenvalue weighted by atomic mass is 35.5. The van der Waals surface area contributed by atoms with E-state index in [4.69, 9.17) is 16.3 Å². The van der Waals surface area contributed by atoms with E-state index in [2.05, 4.69) is 5.10 Å². The monoisotopic (exact) mass is 390 g/mol. The second-order valence-corrected chi connectivity index (χ2v) is 7.32. The Bertz CT molecular complexity index is 896. The molecule has 0 amide bonds. The fourth-order valence-corrected chi connectivity index (χ4v) is 3.49. The summed E-state index contributed by atoms with van der Waals surface area (Å²) in [4.78, 5) is 12.4. The van der Waals surface area contributed by atoms with E-state index < -0.39 is 5.97 Å². The molecule has 1 N–H and O–H groups in total. The zero-order valence-electron chi connectivity index (χ0n) is 14.5. The number of carboxylic acid groups (broad SMARTS) is 1. The fraction of sp³-hybridized carbons (Fsp3) is 0.263. The molecular weight excluding hydrogens is 372 g/mol. The Morgan fingerprint density at radius 1 is 1.31 bits per heavy atom. The maximum Gasteiger partial charge on any atom is 0.354 e. The van der Waals surface area contributed by atoms with Crippen LogP contribution in [0.25, 0.3) is 10.6 Å². The van der Waals surface area contributed by atoms with Crippen molar-refractivity contribution in [3.8, 4) is 16.3 Å². The van der Waals surface area contributed by atoms with Gasteiger partial charge < -0.3 is 9.84 Å². The van der Waals surface area contributed by atoms with Gasteiger partial charge in [-0.15, -0.1) is 11.3 Å². The molecule has 0 saturated carbocycles. The number of benzene rings is 1. The topological polar surface area (TPSA) is 64.4 Å². The molecule has 0 spiro atoms. The van der Waals surface area contributed by atoms with Gasteiger partial charge in [0.15, 0.2) is 0 Å². The van der Waals surface area contributed by atoms with Gasteiger partial charge in [0.25, 0.3) is 0 Å². The van der Waals surface area contributed by atoms with Crippen molar-refractivity contribution in [2.24, 2.45) is 0 Å². The Labute approximate surface area is 160 Å². The molecule has 7 heteroatoms. The molecule has 0 bridgehead atoms. The van der Waals surface area contributed by atoms with Gasteiger partial charge in [-0.3, -0.25) is 4.68 Å². The maximum atomic E-state index is 11.5. The van der Waals surface area contributed by atoms with Crippen LogP contribution in [-0.2, 0) is 6.54 Å². The fourth-order valence-electron chi connectivity index (χ4n) is 2.70. The number of ether oxygens (including phenoxy) is 1. The third kappa shape index (κ3) is 4.08. The van der Waals surface area contributed by atoms with Gasteiger partial charge in [-0.05, 0) is 54.6 Å². The summed E-state index contributed by atoms with van der Waals surface area (Å²) in [6.45, 7) is 4.82. The van der Waals surface area contributed by atoms with Gasteiger partial charge in [-0.1, -0.05) is 17.7 Å². The van der Waals surface area contributed by atoms with Gasteiger partial charge >= 0.3 is 5.97 Å². The van der Waals surface area contributed by atoms with Crippen molar-refractivity contribution in [3.05, 3.63) is 57.6 Å². The highest BCUT2D eigenvalue weighted by molar-refractivity contribution is 7.13. The van der Waals surface area contributed by atoms with Crippen LogP contribution in [0, 0.1) is 13.8 Å². The first-order chi connectivity index (χ1) is 12.5. The molecule has 0 fully saturated rings. The highest BCUT2D eigenvalue weighted by Gasteiger charge is 2.15. The zero-order valence-corrected chi connectivity index (χ0v) is 16.1. The summed E-state index contributed by atoms with van der Waals surface area (Å²) in [6.07, 6.45) is 0.645. The number of rotatable bonds is 7. The lowest BCUT2D eigenvalue weighted by Crippen LogP contribution is -2.12. The molecular formula is C19H19ClN2O3S. The first kappa shape index (κ1) is 18.5. The molecule has 1 aromatic carbocycles. The van der Waals surface area contributed by atoms with Crippen LogP contribution >= 0.6 is 22.9 Å². The minimum atomic E-state index is -0.981. The number of aromatic nitrogens is 2. The van der Waals surface area contributed by atoms with E-state index in [-0.39, 0.29) is 5.69 Å². The van der Waals surface area contributed by atoms with Crippen molar-refractivity contribution in [2.75, 3.05) is 6.61 Å². The average molecular weight is 391 g/mol. The van der Waals surface area contributed by atoms with Gasteiger partial charge in [-0.2, -0.15) is 5.10 Å². The third-order valence-corrected chi connectivity index (χ3v) is 5.45. The molecule has 0 saturated heterocycles. The number of hydrogen-bond donors (Lipinski definition) is 1. The number of aromatic carboxylic acids is 1. The second-order valence-electron chi connectivity index (χ2n) is 5.99. The van der Waals surface area contributed by atoms with Crippen LogP contribution in [0.15, 0.2) is 35.7 Å². The molecule has 5 nitrogen and oxygen atoms in total. The maximum absolute atomic E-state index is 11.5. The molecule has 0 atom stereocenters. The van der Waals surface area contributed by atoms with Crippen molar-refractivity contribution in [2.45, 2.75) is 26.8 Å². The summed E-state index contributed by atoms with van der Waals surface area (Å²) in [5.41, 5.74) is 2.82. The normalized spacial score (nSPS) is 10.9. The Balaban J connectivity index is 1.64. The van der Waals surface area contributed by atoms with Crippen LogP contribution in [0.5, 0.6) is 5.75 Å². The van der Waals surface area contributed by atoms with Gasteiger partial charge in [-0.25, -0.2) is 4.79 Å². The van der Waals surface area contributed by atoms with Crippen LogP contribution in [-0.4, -0.2) is 27.5 Å². The number of thiophene rings is 1. The summed E-state index contributed by atoms with van der Waals surface area (Å²) in [7, 11) is 0. The Morgan fingerprint density at radius 2 is 2.04 bits per heavy atom. The van der Waals surface area contributed by atoms with E-state index in [1.54, 1.807) is 6.07 Å². The van der Waals surface area contributed by atoms with Crippen molar-refractivity contribution >= 4 is 28.9 Å². The Morgan fingerprint density at radius 3 is 2.65 bits per heavy atom. The van der Waals surface area contributed by atoms with Crippen LogP contribution in [0.3, 0.4) is 0 Å². The molecule has 3 rings (SSSR count). The number of carboxylic acids is 1. The average Bonchev–Trinajstić information content (AvgIpc) is 3.25. The van der Waals surface area contributed by atoms with E-state index in [0.717, 1.165) is 26.8 Å². The van der Waals surface area contributed by atoms with Gasteiger partial charge in [0.05, 0.1) is 11.5 Å². The number of hydrogen-bond acceptors (Lipinski definition) is 4. The summed E-state index contributed by atoms with van der Waals surface area (Å²) in [5.74, 6) is -0.215. The summed E-state index contributed by atoms with van der Waals surface area (Å²) >= 11 is 7.70. The minimum Gasteiger partial charge on any atom is -0.494 e. The molecule has 3 aromatic rings. The van der Waals surface area contributed by atoms with E-state index in [0.29, 0.717) is 25.3 Å². The lowest BCUT2D eigenvalue weighted by Gasteiger charge is -2.10. The molecule has 0 aliphatic rings. The lowest BCUT2D eigenvalue weighted by molar-refractivity contribution is 0.0682. The lowest BCUT2D eigenvalue weighted by atomic mass is 10.1. The molecule has 0 unspecified atom stereocenters. The number of aryl methyl sites for hydroxylation is 3. The summed E-state index contributed by atoms with van der Waals surface area (Å²) < 4.78 is 7.31. The standard InChI is InChI=1S/C19H19ClN2O3S/c1-12-9-14(10-13(2)18(12)20)25-7-4-6-22-16(19(23)24)11-15(21-22)17-5-3-8-26-17/h3,5,8-11H,4,6-7H2,1-2H3,(H,23,24). The molecule has 0 aliphatic carbocycles. The first-order valence-corrected chi connectivity index (χ1v) is 9.46. The van der Waals surface area contributed by atoms with Crippen LogP contribution in [0.1, 0.15) is 28.0 Å². The predicted molar refractivity (Wildman–Crippen MR) is 104 cm³/mol. The third-order valence-electron chi connectivity index (χ3n) is 3.97.